The molecule has 0 radical (unpaired) electrons. The van der Waals surface area contributed by atoms with Gasteiger partial charge in [-0.15, -0.1) is 0 Å². The van der Waals surface area contributed by atoms with Gasteiger partial charge in [0.1, 0.15) is 6.04 Å². The molecule has 0 spiro atoms. The number of carbonyl (C=O) groups excluding carboxylic acids is 3. The Balaban J connectivity index is 3.12. The van der Waals surface area contributed by atoms with E-state index in [9.17, 15) is 14.4 Å². The molecule has 1 N–H and O–H groups in total. The number of likely N-dealkylation sites (tertiary alicyclic amines) is 1. The monoisotopic (exact) mass is 451 g/mol. The number of esters is 1. The molecular weight excluding hydrogens is 406 g/mol. The fourth-order valence-electron chi connectivity index (χ4n) is 4.12. The molecule has 4 atom stereocenters. The predicted octanol–water partition coefficient (Wildman–Crippen LogP) is 3.24. The van der Waals surface area contributed by atoms with Crippen LogP contribution in [-0.4, -0.2) is 73.0 Å². The molecule has 1 aliphatic rings. The van der Waals surface area contributed by atoms with Crippen LogP contribution < -0.4 is 5.32 Å². The lowest BCUT2D eigenvalue weighted by Crippen LogP contribution is -2.60. The predicted molar refractivity (Wildman–Crippen MR) is 128 cm³/mol. The van der Waals surface area contributed by atoms with E-state index >= 15 is 0 Å². The number of rotatable bonds is 8. The summed E-state index contributed by atoms with van der Waals surface area (Å²) >= 11 is 0. The summed E-state index contributed by atoms with van der Waals surface area (Å²) in [6, 6.07) is -1.21. The first-order chi connectivity index (χ1) is 14.7. The molecule has 0 aromatic heterocycles. The molecule has 0 bridgehead atoms. The maximum atomic E-state index is 13.6. The largest absolute Gasteiger partial charge is 0.463 e. The topological polar surface area (TPSA) is 79.0 Å². The molecule has 0 aromatic carbocycles. The minimum absolute atomic E-state index is 0.0787. The van der Waals surface area contributed by atoms with Gasteiger partial charge in [-0.25, -0.2) is 4.79 Å². The average molecular weight is 452 g/mol. The van der Waals surface area contributed by atoms with E-state index in [0.29, 0.717) is 18.1 Å². The minimum Gasteiger partial charge on any atom is -0.463 e. The first-order valence-electron chi connectivity index (χ1n) is 11.8. The fourth-order valence-corrected chi connectivity index (χ4v) is 4.12. The zero-order chi connectivity index (χ0) is 24.8. The molecule has 0 aromatic rings. The second-order valence-electron chi connectivity index (χ2n) is 10.7. The van der Waals surface area contributed by atoms with Gasteiger partial charge in [-0.05, 0) is 57.5 Å². The van der Waals surface area contributed by atoms with Crippen molar-refractivity contribution in [2.24, 2.45) is 17.3 Å². The Morgan fingerprint density at radius 1 is 1.25 bits per heavy atom. The smallest absolute Gasteiger partial charge is 0.333 e. The van der Waals surface area contributed by atoms with Gasteiger partial charge >= 0.3 is 5.97 Å². The quantitative estimate of drug-likeness (QED) is 0.453. The number of piperidine rings is 1. The molecule has 0 saturated carbocycles. The summed E-state index contributed by atoms with van der Waals surface area (Å²) in [6.45, 7) is 16.7. The second-order valence-corrected chi connectivity index (χ2v) is 10.7. The van der Waals surface area contributed by atoms with Crippen LogP contribution in [0.4, 0.5) is 0 Å². The van der Waals surface area contributed by atoms with E-state index in [1.165, 1.54) is 0 Å². The molecule has 1 aliphatic heterocycles. The molecule has 1 saturated heterocycles. The van der Waals surface area contributed by atoms with Crippen LogP contribution in [0, 0.1) is 17.3 Å². The van der Waals surface area contributed by atoms with E-state index in [2.05, 4.69) is 17.1 Å². The SMILES string of the molecule is CCOC(=O)C(C)=C[C@H](C(C)C)N(C)C(=O)[C@@H](NC(=O)C1C[C@H](C)CCN1C)C(C)(C)C. The first kappa shape index (κ1) is 28.1. The van der Waals surface area contributed by atoms with Crippen LogP contribution in [0.1, 0.15) is 68.2 Å². The molecule has 1 unspecified atom stereocenters. The van der Waals surface area contributed by atoms with Crippen LogP contribution >= 0.6 is 0 Å². The van der Waals surface area contributed by atoms with E-state index in [0.717, 1.165) is 19.4 Å². The molecular formula is C25H45N3O4. The van der Waals surface area contributed by atoms with Gasteiger partial charge in [0.05, 0.1) is 18.7 Å². The number of ether oxygens (including phenoxy) is 1. The molecule has 1 rings (SSSR count). The lowest BCUT2D eigenvalue weighted by atomic mass is 9.84. The van der Waals surface area contributed by atoms with Crippen LogP contribution in [0.2, 0.25) is 0 Å². The number of nitrogens with one attached hydrogen (secondary N) is 1. The third-order valence-electron chi connectivity index (χ3n) is 6.33. The van der Waals surface area contributed by atoms with E-state index in [1.54, 1.807) is 31.9 Å². The van der Waals surface area contributed by atoms with Crippen molar-refractivity contribution >= 4 is 17.8 Å². The Labute approximate surface area is 194 Å². The lowest BCUT2D eigenvalue weighted by molar-refractivity contribution is -0.142. The van der Waals surface area contributed by atoms with Gasteiger partial charge in [-0.2, -0.15) is 0 Å². The van der Waals surface area contributed by atoms with E-state index in [4.69, 9.17) is 4.74 Å². The van der Waals surface area contributed by atoms with Gasteiger partial charge < -0.3 is 15.0 Å². The van der Waals surface area contributed by atoms with Crippen molar-refractivity contribution in [3.05, 3.63) is 11.6 Å². The molecule has 7 heteroatoms. The summed E-state index contributed by atoms with van der Waals surface area (Å²) in [6.07, 6.45) is 3.66. The Hall–Kier alpha value is -1.89. The fraction of sp³-hybridized carbons (Fsp3) is 0.800. The first-order valence-corrected chi connectivity index (χ1v) is 11.8. The van der Waals surface area contributed by atoms with E-state index in [1.807, 2.05) is 41.7 Å². The highest BCUT2D eigenvalue weighted by Crippen LogP contribution is 2.26. The lowest BCUT2D eigenvalue weighted by Gasteiger charge is -2.40. The summed E-state index contributed by atoms with van der Waals surface area (Å²) in [5.41, 5.74) is 0.000687. The van der Waals surface area contributed by atoms with Gasteiger partial charge in [0.15, 0.2) is 0 Å². The average Bonchev–Trinajstić information content (AvgIpc) is 2.69. The molecule has 184 valence electrons. The maximum absolute atomic E-state index is 13.6. The molecule has 1 fully saturated rings. The molecule has 32 heavy (non-hydrogen) atoms. The summed E-state index contributed by atoms with van der Waals surface area (Å²) in [5.74, 6) is -0.0807. The number of likely N-dealkylation sites (N-methyl/N-ethyl adjacent to an activating group) is 2. The Morgan fingerprint density at radius 3 is 2.34 bits per heavy atom. The van der Waals surface area contributed by atoms with Crippen molar-refractivity contribution in [1.82, 2.24) is 15.1 Å². The van der Waals surface area contributed by atoms with E-state index < -0.39 is 11.5 Å². The highest BCUT2D eigenvalue weighted by atomic mass is 16.5. The highest BCUT2D eigenvalue weighted by Gasteiger charge is 2.39. The van der Waals surface area contributed by atoms with Gasteiger partial charge in [0.2, 0.25) is 11.8 Å². The number of nitrogens with zero attached hydrogens (tertiary/aromatic N) is 2. The summed E-state index contributed by atoms with van der Waals surface area (Å²) in [7, 11) is 3.70. The standard InChI is InChI=1S/C25H45N3O4/c1-11-32-24(31)18(5)15-19(16(2)3)28(10)23(30)21(25(6,7)8)26-22(29)20-14-17(4)12-13-27(20)9/h15-17,19-21H,11-14H2,1-10H3,(H,26,29)/t17-,19-,20?,21-/m1/s1. The zero-order valence-corrected chi connectivity index (χ0v) is 21.8. The Morgan fingerprint density at radius 2 is 1.84 bits per heavy atom. The van der Waals surface area contributed by atoms with E-state index in [-0.39, 0.29) is 35.8 Å². The van der Waals surface area contributed by atoms with Crippen molar-refractivity contribution in [1.29, 1.82) is 0 Å². The molecule has 2 amide bonds. The Kier molecular flexibility index (Phi) is 10.4. The van der Waals surface area contributed by atoms with Crippen LogP contribution in [0.3, 0.4) is 0 Å². The zero-order valence-electron chi connectivity index (χ0n) is 21.8. The molecule has 7 nitrogen and oxygen atoms in total. The van der Waals surface area contributed by atoms with Crippen molar-refractivity contribution < 1.29 is 19.1 Å². The van der Waals surface area contributed by atoms with Crippen LogP contribution in [0.5, 0.6) is 0 Å². The third-order valence-corrected chi connectivity index (χ3v) is 6.33. The van der Waals surface area contributed by atoms with Gasteiger partial charge in [-0.1, -0.05) is 47.6 Å². The van der Waals surface area contributed by atoms with Gasteiger partial charge in [0.25, 0.3) is 0 Å². The summed E-state index contributed by atoms with van der Waals surface area (Å²) in [5, 5.41) is 3.06. The highest BCUT2D eigenvalue weighted by molar-refractivity contribution is 5.91. The third kappa shape index (κ3) is 7.61. The van der Waals surface area contributed by atoms with Crippen LogP contribution in [-0.2, 0) is 19.1 Å². The van der Waals surface area contributed by atoms with Crippen molar-refractivity contribution in [2.75, 3.05) is 27.2 Å². The number of hydrogen-bond donors (Lipinski definition) is 1. The van der Waals surface area contributed by atoms with Gasteiger partial charge in [-0.3, -0.25) is 14.5 Å². The summed E-state index contributed by atoms with van der Waals surface area (Å²) in [4.78, 5) is 42.6. The van der Waals surface area contributed by atoms with Crippen LogP contribution in [0.15, 0.2) is 11.6 Å². The maximum Gasteiger partial charge on any atom is 0.333 e. The number of carbonyl (C=O) groups is 3. The Bertz CT molecular complexity index is 696. The number of amides is 2. The van der Waals surface area contributed by atoms with Crippen molar-refractivity contribution in [2.45, 2.75) is 86.4 Å². The van der Waals surface area contributed by atoms with Crippen LogP contribution in [0.25, 0.3) is 0 Å². The summed E-state index contributed by atoms with van der Waals surface area (Å²) < 4.78 is 5.09. The molecule has 0 aliphatic carbocycles. The normalized spacial score (nSPS) is 22.3. The van der Waals surface area contributed by atoms with Gasteiger partial charge in [0, 0.05) is 12.6 Å². The van der Waals surface area contributed by atoms with Crippen molar-refractivity contribution in [3.63, 3.8) is 0 Å². The minimum atomic E-state index is -0.678. The molecule has 1 heterocycles. The van der Waals surface area contributed by atoms with Crippen molar-refractivity contribution in [3.8, 4) is 0 Å². The second kappa shape index (κ2) is 11.8. The number of hydrogen-bond acceptors (Lipinski definition) is 5.